The van der Waals surface area contributed by atoms with Crippen LogP contribution in [0.25, 0.3) is 0 Å². The van der Waals surface area contributed by atoms with Crippen molar-refractivity contribution in [2.45, 2.75) is 24.8 Å². The van der Waals surface area contributed by atoms with Gasteiger partial charge in [0.05, 0.1) is 0 Å². The third-order valence-electron chi connectivity index (χ3n) is 4.00. The summed E-state index contributed by atoms with van der Waals surface area (Å²) in [5, 5.41) is 0. The quantitative estimate of drug-likeness (QED) is 0.798. The van der Waals surface area contributed by atoms with E-state index in [2.05, 4.69) is 21.5 Å². The number of aryl methyl sites for hydroxylation is 1. The molecule has 0 aromatic carbocycles. The third kappa shape index (κ3) is 1.76. The van der Waals surface area contributed by atoms with Crippen LogP contribution in [0.5, 0.6) is 0 Å². The summed E-state index contributed by atoms with van der Waals surface area (Å²) in [6.45, 7) is 3.26. The van der Waals surface area contributed by atoms with E-state index in [4.69, 9.17) is 5.73 Å². The molecule has 2 heterocycles. The number of nitrogens with zero attached hydrogens (tertiary/aromatic N) is 3. The number of likely N-dealkylation sites (tertiary alicyclic amines) is 1. The molecule has 3 rings (SSSR count). The van der Waals surface area contributed by atoms with Gasteiger partial charge in [-0.15, -0.1) is 0 Å². The molecule has 1 saturated carbocycles. The lowest BCUT2D eigenvalue weighted by molar-refractivity contribution is 0.0555. The Morgan fingerprint density at radius 1 is 1.50 bits per heavy atom. The SMILES string of the molecule is Cn1ccnc1CCN1CC(N)(C2CC2)C1. The molecule has 0 spiro atoms. The van der Waals surface area contributed by atoms with Crippen LogP contribution in [0, 0.1) is 5.92 Å². The monoisotopic (exact) mass is 220 g/mol. The van der Waals surface area contributed by atoms with E-state index in [0.717, 1.165) is 32.0 Å². The summed E-state index contributed by atoms with van der Waals surface area (Å²) in [7, 11) is 2.05. The third-order valence-corrected chi connectivity index (χ3v) is 4.00. The lowest BCUT2D eigenvalue weighted by Gasteiger charge is -2.48. The molecule has 0 unspecified atom stereocenters. The van der Waals surface area contributed by atoms with Crippen LogP contribution in [0.4, 0.5) is 0 Å². The summed E-state index contributed by atoms with van der Waals surface area (Å²) in [6, 6.07) is 0. The zero-order chi connectivity index (χ0) is 11.2. The van der Waals surface area contributed by atoms with Crippen molar-refractivity contribution >= 4 is 0 Å². The number of aromatic nitrogens is 2. The Morgan fingerprint density at radius 3 is 2.81 bits per heavy atom. The number of nitrogens with two attached hydrogens (primary N) is 1. The predicted octanol–water partition coefficient (Wildman–Crippen LogP) is 0.386. The van der Waals surface area contributed by atoms with Gasteiger partial charge in [-0.2, -0.15) is 0 Å². The highest BCUT2D eigenvalue weighted by molar-refractivity contribution is 5.09. The minimum Gasteiger partial charge on any atom is -0.338 e. The van der Waals surface area contributed by atoms with Crippen molar-refractivity contribution in [2.75, 3.05) is 19.6 Å². The average molecular weight is 220 g/mol. The molecule has 0 amide bonds. The molecule has 2 fully saturated rings. The molecule has 0 atom stereocenters. The molecule has 0 bridgehead atoms. The predicted molar refractivity (Wildman–Crippen MR) is 63.0 cm³/mol. The molecule has 4 nitrogen and oxygen atoms in total. The molecule has 0 radical (unpaired) electrons. The van der Waals surface area contributed by atoms with Crippen LogP contribution in [0.2, 0.25) is 0 Å². The first kappa shape index (κ1) is 10.3. The van der Waals surface area contributed by atoms with Gasteiger partial charge in [0, 0.05) is 51.0 Å². The van der Waals surface area contributed by atoms with E-state index in [1.54, 1.807) is 0 Å². The molecule has 4 heteroatoms. The van der Waals surface area contributed by atoms with E-state index in [0.29, 0.717) is 0 Å². The van der Waals surface area contributed by atoms with Crippen molar-refractivity contribution in [3.63, 3.8) is 0 Å². The maximum atomic E-state index is 6.31. The highest BCUT2D eigenvalue weighted by Crippen LogP contribution is 2.42. The van der Waals surface area contributed by atoms with Gasteiger partial charge in [-0.3, -0.25) is 4.90 Å². The molecule has 1 aromatic heterocycles. The van der Waals surface area contributed by atoms with Crippen LogP contribution in [0.15, 0.2) is 12.4 Å². The summed E-state index contributed by atoms with van der Waals surface area (Å²) in [4.78, 5) is 6.79. The number of hydrogen-bond donors (Lipinski definition) is 1. The summed E-state index contributed by atoms with van der Waals surface area (Å²) < 4.78 is 2.09. The second kappa shape index (κ2) is 3.57. The van der Waals surface area contributed by atoms with Crippen molar-refractivity contribution in [3.05, 3.63) is 18.2 Å². The smallest absolute Gasteiger partial charge is 0.109 e. The maximum Gasteiger partial charge on any atom is 0.109 e. The van der Waals surface area contributed by atoms with Gasteiger partial charge in [-0.05, 0) is 18.8 Å². The molecule has 2 aliphatic rings. The minimum atomic E-state index is 0.154. The van der Waals surface area contributed by atoms with Gasteiger partial charge in [-0.1, -0.05) is 0 Å². The van der Waals surface area contributed by atoms with Crippen LogP contribution in [-0.4, -0.2) is 39.6 Å². The standard InChI is InChI=1S/C12H20N4/c1-15-7-5-14-11(15)4-6-16-8-12(13,9-16)10-2-3-10/h5,7,10H,2-4,6,8-9,13H2,1H3. The van der Waals surface area contributed by atoms with E-state index in [9.17, 15) is 0 Å². The number of hydrogen-bond acceptors (Lipinski definition) is 3. The van der Waals surface area contributed by atoms with Gasteiger partial charge in [-0.25, -0.2) is 4.98 Å². The fourth-order valence-electron chi connectivity index (χ4n) is 2.76. The Bertz CT molecular complexity index is 374. The van der Waals surface area contributed by atoms with E-state index < -0.39 is 0 Å². The largest absolute Gasteiger partial charge is 0.338 e. The molecule has 1 aliphatic heterocycles. The first-order valence-corrected chi connectivity index (χ1v) is 6.15. The van der Waals surface area contributed by atoms with Crippen molar-refractivity contribution < 1.29 is 0 Å². The van der Waals surface area contributed by atoms with Crippen LogP contribution < -0.4 is 5.73 Å². The van der Waals surface area contributed by atoms with Crippen LogP contribution in [0.1, 0.15) is 18.7 Å². The summed E-state index contributed by atoms with van der Waals surface area (Å²) in [6.07, 6.45) is 7.60. The van der Waals surface area contributed by atoms with E-state index in [-0.39, 0.29) is 5.54 Å². The van der Waals surface area contributed by atoms with Crippen LogP contribution in [-0.2, 0) is 13.5 Å². The van der Waals surface area contributed by atoms with Crippen LogP contribution in [0.3, 0.4) is 0 Å². The fraction of sp³-hybridized carbons (Fsp3) is 0.750. The highest BCUT2D eigenvalue weighted by Gasteiger charge is 2.49. The summed E-state index contributed by atoms with van der Waals surface area (Å²) in [5.74, 6) is 1.98. The lowest BCUT2D eigenvalue weighted by atomic mass is 9.85. The van der Waals surface area contributed by atoms with Gasteiger partial charge < -0.3 is 10.3 Å². The Labute approximate surface area is 96.4 Å². The van der Waals surface area contributed by atoms with Gasteiger partial charge in [0.25, 0.3) is 0 Å². The van der Waals surface area contributed by atoms with Crippen LogP contribution >= 0.6 is 0 Å². The zero-order valence-corrected chi connectivity index (χ0v) is 9.89. The van der Waals surface area contributed by atoms with E-state index >= 15 is 0 Å². The normalized spacial score (nSPS) is 24.4. The molecular formula is C12H20N4. The first-order chi connectivity index (χ1) is 7.67. The lowest BCUT2D eigenvalue weighted by Crippen LogP contribution is -2.68. The van der Waals surface area contributed by atoms with Gasteiger partial charge in [0.15, 0.2) is 0 Å². The van der Waals surface area contributed by atoms with Gasteiger partial charge >= 0.3 is 0 Å². The molecule has 2 N–H and O–H groups in total. The summed E-state index contributed by atoms with van der Waals surface area (Å²) >= 11 is 0. The van der Waals surface area contributed by atoms with Gasteiger partial charge in [0.2, 0.25) is 0 Å². The molecule has 88 valence electrons. The molecular weight excluding hydrogens is 200 g/mol. The van der Waals surface area contributed by atoms with Crippen molar-refractivity contribution in [1.82, 2.24) is 14.5 Å². The Balaban J connectivity index is 1.46. The molecule has 1 aromatic rings. The van der Waals surface area contributed by atoms with E-state index in [1.807, 2.05) is 12.4 Å². The second-order valence-electron chi connectivity index (χ2n) is 5.42. The van der Waals surface area contributed by atoms with Crippen molar-refractivity contribution in [2.24, 2.45) is 18.7 Å². The van der Waals surface area contributed by atoms with Crippen molar-refractivity contribution in [3.8, 4) is 0 Å². The average Bonchev–Trinajstić information content (AvgIpc) is 2.97. The maximum absolute atomic E-state index is 6.31. The minimum absolute atomic E-state index is 0.154. The Morgan fingerprint density at radius 2 is 2.25 bits per heavy atom. The summed E-state index contributed by atoms with van der Waals surface area (Å²) in [5.41, 5.74) is 6.47. The Hall–Kier alpha value is -0.870. The molecule has 1 aliphatic carbocycles. The highest BCUT2D eigenvalue weighted by atomic mass is 15.3. The molecule has 16 heavy (non-hydrogen) atoms. The van der Waals surface area contributed by atoms with Crippen molar-refractivity contribution in [1.29, 1.82) is 0 Å². The molecule has 1 saturated heterocycles. The van der Waals surface area contributed by atoms with Gasteiger partial charge in [0.1, 0.15) is 5.82 Å². The topological polar surface area (TPSA) is 47.1 Å². The zero-order valence-electron chi connectivity index (χ0n) is 9.89. The first-order valence-electron chi connectivity index (χ1n) is 6.15. The second-order valence-corrected chi connectivity index (χ2v) is 5.42. The fourth-order valence-corrected chi connectivity index (χ4v) is 2.76. The van der Waals surface area contributed by atoms with E-state index in [1.165, 1.54) is 18.7 Å². The number of imidazole rings is 1. The number of rotatable bonds is 4. The Kier molecular flexibility index (Phi) is 2.30.